The minimum atomic E-state index is -4.44. The number of nitriles is 1. The number of hydrogen-bond acceptors (Lipinski definition) is 5. The largest absolute Gasteiger partial charge is 0.416 e. The fourth-order valence-electron chi connectivity index (χ4n) is 2.27. The summed E-state index contributed by atoms with van der Waals surface area (Å²) >= 11 is 0. The molecular weight excluding hydrogens is 371 g/mol. The van der Waals surface area contributed by atoms with Gasteiger partial charge in [-0.3, -0.25) is 4.79 Å². The Kier molecular flexibility index (Phi) is 5.22. The van der Waals surface area contributed by atoms with Crippen LogP contribution < -0.4 is 10.6 Å². The summed E-state index contributed by atoms with van der Waals surface area (Å²) in [6.45, 7) is 0. The van der Waals surface area contributed by atoms with E-state index in [-0.39, 0.29) is 11.4 Å². The van der Waals surface area contributed by atoms with E-state index in [0.29, 0.717) is 17.1 Å². The zero-order valence-corrected chi connectivity index (χ0v) is 14.2. The summed E-state index contributed by atoms with van der Waals surface area (Å²) in [6, 6.07) is 15.8. The molecule has 0 atom stereocenters. The van der Waals surface area contributed by atoms with Crippen LogP contribution in [0.4, 0.5) is 30.4 Å². The van der Waals surface area contributed by atoms with E-state index in [2.05, 4.69) is 20.8 Å². The molecule has 6 nitrogen and oxygen atoms in total. The zero-order chi connectivity index (χ0) is 20.1. The number of alkyl halides is 3. The number of hydrogen-bond donors (Lipinski definition) is 2. The smallest absolute Gasteiger partial charge is 0.339 e. The van der Waals surface area contributed by atoms with E-state index in [1.807, 2.05) is 6.07 Å². The van der Waals surface area contributed by atoms with Crippen molar-refractivity contribution in [3.8, 4) is 6.07 Å². The predicted octanol–water partition coefficient (Wildman–Crippen LogP) is 4.36. The number of anilines is 3. The van der Waals surface area contributed by atoms with Crippen molar-refractivity contribution in [2.24, 2.45) is 0 Å². The standard InChI is InChI=1S/C19H12F3N5O/c20-19(21,22)13-4-6-14(7-5-13)25-18(28)16-8-9-17(27-26-16)24-15-3-1-2-12(10-15)11-23/h1-10H,(H,24,27)(H,25,28). The molecule has 0 fully saturated rings. The van der Waals surface area contributed by atoms with E-state index in [4.69, 9.17) is 5.26 Å². The molecule has 1 aromatic heterocycles. The number of benzene rings is 2. The SMILES string of the molecule is N#Cc1cccc(Nc2ccc(C(=O)Nc3ccc(C(F)(F)F)cc3)nn2)c1. The third kappa shape index (κ3) is 4.62. The van der Waals surface area contributed by atoms with Gasteiger partial charge in [0, 0.05) is 11.4 Å². The Morgan fingerprint density at radius 2 is 1.71 bits per heavy atom. The highest BCUT2D eigenvalue weighted by Crippen LogP contribution is 2.29. The molecule has 3 aromatic rings. The lowest BCUT2D eigenvalue weighted by atomic mass is 10.2. The number of rotatable bonds is 4. The molecule has 2 N–H and O–H groups in total. The highest BCUT2D eigenvalue weighted by molar-refractivity contribution is 6.02. The summed E-state index contributed by atoms with van der Waals surface area (Å²) < 4.78 is 37.7. The molecule has 0 aliphatic rings. The number of carbonyl (C=O) groups excluding carboxylic acids is 1. The van der Waals surface area contributed by atoms with Crippen molar-refractivity contribution < 1.29 is 18.0 Å². The Balaban J connectivity index is 1.66. The Morgan fingerprint density at radius 3 is 2.32 bits per heavy atom. The Morgan fingerprint density at radius 1 is 0.964 bits per heavy atom. The van der Waals surface area contributed by atoms with Crippen molar-refractivity contribution in [3.63, 3.8) is 0 Å². The minimum absolute atomic E-state index is 0.00350. The van der Waals surface area contributed by atoms with Crippen molar-refractivity contribution in [1.29, 1.82) is 5.26 Å². The van der Waals surface area contributed by atoms with Crippen LogP contribution in [0.1, 0.15) is 21.6 Å². The van der Waals surface area contributed by atoms with Gasteiger partial charge in [0.25, 0.3) is 5.91 Å². The summed E-state index contributed by atoms with van der Waals surface area (Å²) in [5.41, 5.74) is 0.508. The average Bonchev–Trinajstić information content (AvgIpc) is 2.68. The molecule has 1 amide bonds. The number of carbonyl (C=O) groups is 1. The lowest BCUT2D eigenvalue weighted by Crippen LogP contribution is -2.15. The van der Waals surface area contributed by atoms with Crippen molar-refractivity contribution in [2.75, 3.05) is 10.6 Å². The number of nitrogens with zero attached hydrogens (tertiary/aromatic N) is 3. The van der Waals surface area contributed by atoms with E-state index in [1.165, 1.54) is 12.1 Å². The molecule has 0 bridgehead atoms. The van der Waals surface area contributed by atoms with Gasteiger partial charge in [0.05, 0.1) is 17.2 Å². The van der Waals surface area contributed by atoms with Crippen LogP contribution in [0.2, 0.25) is 0 Å². The van der Waals surface area contributed by atoms with Gasteiger partial charge in [0.2, 0.25) is 0 Å². The second-order valence-corrected chi connectivity index (χ2v) is 5.65. The molecular formula is C19H12F3N5O. The van der Waals surface area contributed by atoms with Crippen molar-refractivity contribution >= 4 is 23.1 Å². The van der Waals surface area contributed by atoms with Gasteiger partial charge in [0.15, 0.2) is 11.5 Å². The maximum absolute atomic E-state index is 12.6. The van der Waals surface area contributed by atoms with E-state index in [1.54, 1.807) is 24.3 Å². The van der Waals surface area contributed by atoms with Crippen LogP contribution in [0.3, 0.4) is 0 Å². The van der Waals surface area contributed by atoms with Crippen LogP contribution >= 0.6 is 0 Å². The first-order valence-corrected chi connectivity index (χ1v) is 7.95. The number of aromatic nitrogens is 2. The molecule has 0 aliphatic carbocycles. The molecule has 2 aromatic carbocycles. The average molecular weight is 383 g/mol. The van der Waals surface area contributed by atoms with Gasteiger partial charge in [-0.25, -0.2) is 0 Å². The molecule has 0 unspecified atom stereocenters. The van der Waals surface area contributed by atoms with Crippen LogP contribution in [0.5, 0.6) is 0 Å². The minimum Gasteiger partial charge on any atom is -0.339 e. The van der Waals surface area contributed by atoms with Gasteiger partial charge in [-0.05, 0) is 54.6 Å². The summed E-state index contributed by atoms with van der Waals surface area (Å²) in [4.78, 5) is 12.2. The van der Waals surface area contributed by atoms with E-state index in [9.17, 15) is 18.0 Å². The van der Waals surface area contributed by atoms with Gasteiger partial charge in [-0.2, -0.15) is 18.4 Å². The summed E-state index contributed by atoms with van der Waals surface area (Å²) in [5.74, 6) is -0.244. The van der Waals surface area contributed by atoms with Crippen LogP contribution in [0.25, 0.3) is 0 Å². The van der Waals surface area contributed by atoms with Gasteiger partial charge in [-0.1, -0.05) is 6.07 Å². The highest BCUT2D eigenvalue weighted by atomic mass is 19.4. The van der Waals surface area contributed by atoms with Crippen molar-refractivity contribution in [3.05, 3.63) is 77.5 Å². The third-order valence-electron chi connectivity index (χ3n) is 3.63. The van der Waals surface area contributed by atoms with Crippen molar-refractivity contribution in [2.45, 2.75) is 6.18 Å². The predicted molar refractivity (Wildman–Crippen MR) is 95.9 cm³/mol. The van der Waals surface area contributed by atoms with Crippen LogP contribution in [-0.2, 0) is 6.18 Å². The zero-order valence-electron chi connectivity index (χ0n) is 14.2. The fraction of sp³-hybridized carbons (Fsp3) is 0.0526. The van der Waals surface area contributed by atoms with E-state index < -0.39 is 17.6 Å². The fourth-order valence-corrected chi connectivity index (χ4v) is 2.27. The Hall–Kier alpha value is -3.93. The quantitative estimate of drug-likeness (QED) is 0.698. The molecule has 9 heteroatoms. The number of amides is 1. The van der Waals surface area contributed by atoms with Crippen LogP contribution in [-0.4, -0.2) is 16.1 Å². The summed E-state index contributed by atoms with van der Waals surface area (Å²) in [7, 11) is 0. The molecule has 3 rings (SSSR count). The van der Waals surface area contributed by atoms with Gasteiger partial charge in [-0.15, -0.1) is 10.2 Å². The molecule has 0 spiro atoms. The molecule has 28 heavy (non-hydrogen) atoms. The first-order chi connectivity index (χ1) is 13.3. The molecule has 0 saturated carbocycles. The molecule has 0 radical (unpaired) electrons. The third-order valence-corrected chi connectivity index (χ3v) is 3.63. The molecule has 0 aliphatic heterocycles. The van der Waals surface area contributed by atoms with E-state index in [0.717, 1.165) is 24.3 Å². The second kappa shape index (κ2) is 7.75. The lowest BCUT2D eigenvalue weighted by Gasteiger charge is -2.09. The van der Waals surface area contributed by atoms with Gasteiger partial charge in [0.1, 0.15) is 0 Å². The molecule has 1 heterocycles. The lowest BCUT2D eigenvalue weighted by molar-refractivity contribution is -0.137. The van der Waals surface area contributed by atoms with E-state index >= 15 is 0 Å². The van der Waals surface area contributed by atoms with Gasteiger partial charge < -0.3 is 10.6 Å². The monoisotopic (exact) mass is 383 g/mol. The Bertz CT molecular complexity index is 1030. The first kappa shape index (κ1) is 18.8. The number of nitrogens with one attached hydrogen (secondary N) is 2. The van der Waals surface area contributed by atoms with Gasteiger partial charge >= 0.3 is 6.18 Å². The topological polar surface area (TPSA) is 90.7 Å². The van der Waals surface area contributed by atoms with Crippen LogP contribution in [0, 0.1) is 11.3 Å². The first-order valence-electron chi connectivity index (χ1n) is 7.95. The Labute approximate surface area is 157 Å². The molecule has 140 valence electrons. The molecule has 0 saturated heterocycles. The normalized spacial score (nSPS) is 10.8. The summed E-state index contributed by atoms with van der Waals surface area (Å²) in [6.07, 6.45) is -4.44. The maximum Gasteiger partial charge on any atom is 0.416 e. The van der Waals surface area contributed by atoms with Crippen LogP contribution in [0.15, 0.2) is 60.7 Å². The maximum atomic E-state index is 12.6. The summed E-state index contributed by atoms with van der Waals surface area (Å²) in [5, 5.41) is 22.0. The number of halogens is 3. The highest BCUT2D eigenvalue weighted by Gasteiger charge is 2.30. The second-order valence-electron chi connectivity index (χ2n) is 5.65. The van der Waals surface area contributed by atoms with Crippen molar-refractivity contribution in [1.82, 2.24) is 10.2 Å².